The van der Waals surface area contributed by atoms with E-state index in [0.29, 0.717) is 23.6 Å². The molecule has 0 aromatic carbocycles. The largest absolute Gasteiger partial charge is 0.330 e. The van der Waals surface area contributed by atoms with E-state index in [1.165, 1.54) is 4.88 Å². The summed E-state index contributed by atoms with van der Waals surface area (Å²) in [5.74, 6) is 1.38. The predicted molar refractivity (Wildman–Crippen MR) is 114 cm³/mol. The molecule has 150 valence electrons. The third-order valence-electron chi connectivity index (χ3n) is 5.22. The minimum atomic E-state index is -0.0512. The molecule has 0 spiro atoms. The fourth-order valence-electron chi connectivity index (χ4n) is 3.61. The lowest BCUT2D eigenvalue weighted by molar-refractivity contribution is 0.0731. The van der Waals surface area contributed by atoms with Crippen molar-refractivity contribution in [2.45, 2.75) is 46.6 Å². The molecule has 0 saturated carbocycles. The first kappa shape index (κ1) is 19.4. The normalized spacial score (nSPS) is 16.3. The first-order valence-electron chi connectivity index (χ1n) is 9.71. The highest BCUT2D eigenvalue weighted by Crippen LogP contribution is 2.33. The quantitative estimate of drug-likeness (QED) is 0.694. The van der Waals surface area contributed by atoms with Gasteiger partial charge < -0.3 is 10.2 Å². The summed E-state index contributed by atoms with van der Waals surface area (Å²) in [5.41, 5.74) is 3.19. The Morgan fingerprint density at radius 1 is 1.14 bits per heavy atom. The number of aromatic nitrogens is 4. The number of nitrogens with one attached hydrogen (secondary N) is 1. The van der Waals surface area contributed by atoms with Gasteiger partial charge >= 0.3 is 0 Å². The number of carbonyl (C=O) groups excluding carboxylic acids is 1. The van der Waals surface area contributed by atoms with Crippen molar-refractivity contribution in [1.82, 2.24) is 24.8 Å². The van der Waals surface area contributed by atoms with Crippen LogP contribution in [-0.4, -0.2) is 37.3 Å². The standard InChI is InChI=1S/C21H24N6OS/c1-12-14(3)29-21(24-12)26-19-9-5-7-17(25-19)18-8-6-10-27(18)20(28)16-11-22-15(4)23-13(16)2/h5,7,9,11,18H,6,8,10H2,1-4H3,(H,24,25,26)/t18-/m0/s1. The number of pyridine rings is 1. The highest BCUT2D eigenvalue weighted by Gasteiger charge is 2.32. The molecule has 1 N–H and O–H groups in total. The van der Waals surface area contributed by atoms with Crippen LogP contribution in [0.1, 0.15) is 57.0 Å². The Kier molecular flexibility index (Phi) is 5.27. The summed E-state index contributed by atoms with van der Waals surface area (Å²) in [7, 11) is 0. The van der Waals surface area contributed by atoms with Crippen molar-refractivity contribution in [3.8, 4) is 0 Å². The van der Waals surface area contributed by atoms with Crippen molar-refractivity contribution in [2.24, 2.45) is 0 Å². The second-order valence-corrected chi connectivity index (χ2v) is 8.51. The molecule has 0 aliphatic carbocycles. The van der Waals surface area contributed by atoms with E-state index in [9.17, 15) is 4.79 Å². The molecule has 1 saturated heterocycles. The van der Waals surface area contributed by atoms with Gasteiger partial charge in [-0.2, -0.15) is 0 Å². The Balaban J connectivity index is 1.57. The fourth-order valence-corrected chi connectivity index (χ4v) is 4.43. The van der Waals surface area contributed by atoms with Crippen LogP contribution in [0.15, 0.2) is 24.4 Å². The molecule has 3 aromatic rings. The van der Waals surface area contributed by atoms with E-state index in [-0.39, 0.29) is 11.9 Å². The van der Waals surface area contributed by atoms with Gasteiger partial charge in [-0.25, -0.2) is 19.9 Å². The van der Waals surface area contributed by atoms with Crippen LogP contribution in [0.3, 0.4) is 0 Å². The zero-order valence-corrected chi connectivity index (χ0v) is 17.9. The number of amides is 1. The van der Waals surface area contributed by atoms with Crippen LogP contribution in [-0.2, 0) is 0 Å². The first-order chi connectivity index (χ1) is 13.9. The molecule has 0 radical (unpaired) electrons. The van der Waals surface area contributed by atoms with Gasteiger partial charge in [0.25, 0.3) is 5.91 Å². The van der Waals surface area contributed by atoms with E-state index in [1.54, 1.807) is 17.5 Å². The summed E-state index contributed by atoms with van der Waals surface area (Å²) in [4.78, 5) is 34.1. The maximum absolute atomic E-state index is 13.2. The molecule has 1 atom stereocenters. The van der Waals surface area contributed by atoms with Crippen molar-refractivity contribution in [3.63, 3.8) is 0 Å². The van der Waals surface area contributed by atoms with Crippen LogP contribution in [0, 0.1) is 27.7 Å². The van der Waals surface area contributed by atoms with E-state index in [0.717, 1.165) is 35.2 Å². The van der Waals surface area contributed by atoms with Gasteiger partial charge in [-0.05, 0) is 52.7 Å². The molecule has 1 aliphatic heterocycles. The SMILES string of the molecule is Cc1ncc(C(=O)N2CCC[C@H]2c2cccc(Nc3nc(C)c(C)s3)n2)c(C)n1. The lowest BCUT2D eigenvalue weighted by Gasteiger charge is -2.25. The number of anilines is 2. The van der Waals surface area contributed by atoms with Crippen molar-refractivity contribution < 1.29 is 4.79 Å². The Hall–Kier alpha value is -2.87. The molecule has 0 unspecified atom stereocenters. The number of likely N-dealkylation sites (tertiary alicyclic amines) is 1. The van der Waals surface area contributed by atoms with Crippen LogP contribution >= 0.6 is 11.3 Å². The van der Waals surface area contributed by atoms with Gasteiger partial charge in [0.15, 0.2) is 5.13 Å². The summed E-state index contributed by atoms with van der Waals surface area (Å²) in [5, 5.41) is 4.12. The summed E-state index contributed by atoms with van der Waals surface area (Å²) >= 11 is 1.61. The summed E-state index contributed by atoms with van der Waals surface area (Å²) in [6.45, 7) is 8.45. The topological polar surface area (TPSA) is 83.9 Å². The molecule has 29 heavy (non-hydrogen) atoms. The zero-order chi connectivity index (χ0) is 20.5. The molecule has 4 rings (SSSR count). The number of aryl methyl sites for hydroxylation is 4. The van der Waals surface area contributed by atoms with E-state index in [4.69, 9.17) is 4.98 Å². The molecule has 0 bridgehead atoms. The fraction of sp³-hybridized carbons (Fsp3) is 0.381. The van der Waals surface area contributed by atoms with Gasteiger partial charge in [0.05, 0.1) is 28.7 Å². The molecule has 4 heterocycles. The molecular weight excluding hydrogens is 384 g/mol. The maximum Gasteiger partial charge on any atom is 0.257 e. The van der Waals surface area contributed by atoms with Gasteiger partial charge in [0, 0.05) is 17.6 Å². The average Bonchev–Trinajstić information content (AvgIpc) is 3.28. The minimum absolute atomic E-state index is 0.0312. The van der Waals surface area contributed by atoms with Crippen LogP contribution in [0.25, 0.3) is 0 Å². The van der Waals surface area contributed by atoms with Crippen LogP contribution in [0.5, 0.6) is 0 Å². The number of hydrogen-bond acceptors (Lipinski definition) is 7. The minimum Gasteiger partial charge on any atom is -0.330 e. The number of rotatable bonds is 4. The van der Waals surface area contributed by atoms with E-state index >= 15 is 0 Å². The highest BCUT2D eigenvalue weighted by atomic mass is 32.1. The zero-order valence-electron chi connectivity index (χ0n) is 17.1. The number of hydrogen-bond donors (Lipinski definition) is 1. The average molecular weight is 409 g/mol. The van der Waals surface area contributed by atoms with Gasteiger partial charge in [-0.15, -0.1) is 11.3 Å². The monoisotopic (exact) mass is 408 g/mol. The van der Waals surface area contributed by atoms with Crippen LogP contribution < -0.4 is 5.32 Å². The lowest BCUT2D eigenvalue weighted by atomic mass is 10.1. The van der Waals surface area contributed by atoms with E-state index < -0.39 is 0 Å². The molecular formula is C21H24N6OS. The van der Waals surface area contributed by atoms with Crippen molar-refractivity contribution >= 4 is 28.2 Å². The third-order valence-corrected chi connectivity index (χ3v) is 6.21. The van der Waals surface area contributed by atoms with E-state index in [2.05, 4.69) is 27.2 Å². The molecule has 1 fully saturated rings. The second kappa shape index (κ2) is 7.87. The molecule has 1 amide bonds. The second-order valence-electron chi connectivity index (χ2n) is 7.31. The molecule has 3 aromatic heterocycles. The van der Waals surface area contributed by atoms with Crippen molar-refractivity contribution in [2.75, 3.05) is 11.9 Å². The summed E-state index contributed by atoms with van der Waals surface area (Å²) < 4.78 is 0. The Morgan fingerprint density at radius 3 is 2.69 bits per heavy atom. The highest BCUT2D eigenvalue weighted by molar-refractivity contribution is 7.15. The first-order valence-corrected chi connectivity index (χ1v) is 10.5. The van der Waals surface area contributed by atoms with Gasteiger partial charge in [-0.1, -0.05) is 6.07 Å². The summed E-state index contributed by atoms with van der Waals surface area (Å²) in [6, 6.07) is 5.83. The van der Waals surface area contributed by atoms with E-state index in [1.807, 2.05) is 43.9 Å². The van der Waals surface area contributed by atoms with Gasteiger partial charge in [-0.3, -0.25) is 4.79 Å². The van der Waals surface area contributed by atoms with Crippen LogP contribution in [0.4, 0.5) is 10.9 Å². The van der Waals surface area contributed by atoms with Crippen molar-refractivity contribution in [3.05, 3.63) is 57.7 Å². The Labute approximate surface area is 174 Å². The number of nitrogens with zero attached hydrogens (tertiary/aromatic N) is 5. The predicted octanol–water partition coefficient (Wildman–Crippen LogP) is 4.28. The van der Waals surface area contributed by atoms with Crippen molar-refractivity contribution in [1.29, 1.82) is 0 Å². The third kappa shape index (κ3) is 3.98. The van der Waals surface area contributed by atoms with Gasteiger partial charge in [0.2, 0.25) is 0 Å². The molecule has 8 heteroatoms. The Morgan fingerprint density at radius 2 is 1.97 bits per heavy atom. The smallest absolute Gasteiger partial charge is 0.257 e. The van der Waals surface area contributed by atoms with Crippen LogP contribution in [0.2, 0.25) is 0 Å². The number of carbonyl (C=O) groups is 1. The Bertz CT molecular complexity index is 1040. The lowest BCUT2D eigenvalue weighted by Crippen LogP contribution is -2.32. The number of thiazole rings is 1. The summed E-state index contributed by atoms with van der Waals surface area (Å²) in [6.07, 6.45) is 3.48. The molecule has 1 aliphatic rings. The molecule has 7 nitrogen and oxygen atoms in total. The maximum atomic E-state index is 13.2. The van der Waals surface area contributed by atoms with Gasteiger partial charge in [0.1, 0.15) is 11.6 Å².